The second-order valence-corrected chi connectivity index (χ2v) is 9.39. The van der Waals surface area contributed by atoms with E-state index in [2.05, 4.69) is 63.6 Å². The molecule has 5 heteroatoms. The number of carbonyl (C=O) groups excluding carboxylic acids is 1. The van der Waals surface area contributed by atoms with Crippen LogP contribution >= 0.6 is 0 Å². The number of rotatable bonds is 8. The first kappa shape index (κ1) is 23.8. The zero-order chi connectivity index (χ0) is 24.1. The van der Waals surface area contributed by atoms with E-state index in [0.29, 0.717) is 12.1 Å². The van der Waals surface area contributed by atoms with Crippen LogP contribution in [0.4, 0.5) is 5.69 Å². The number of carbonyl (C=O) groups is 1. The lowest BCUT2D eigenvalue weighted by molar-refractivity contribution is 0.0927. The number of anilines is 1. The van der Waals surface area contributed by atoms with E-state index in [4.69, 9.17) is 4.74 Å². The zero-order valence-corrected chi connectivity index (χ0v) is 20.6. The summed E-state index contributed by atoms with van der Waals surface area (Å²) in [6.45, 7) is 6.38. The number of benzene rings is 3. The second-order valence-electron chi connectivity index (χ2n) is 9.39. The Hall–Kier alpha value is -3.31. The van der Waals surface area contributed by atoms with Gasteiger partial charge in [0, 0.05) is 45.0 Å². The van der Waals surface area contributed by atoms with Crippen LogP contribution in [0.25, 0.3) is 0 Å². The minimum absolute atomic E-state index is 0.0663. The topological polar surface area (TPSA) is 44.8 Å². The van der Waals surface area contributed by atoms with Crippen molar-refractivity contribution in [3.63, 3.8) is 0 Å². The molecule has 0 bridgehead atoms. The van der Waals surface area contributed by atoms with Crippen LogP contribution in [0.15, 0.2) is 72.8 Å². The fraction of sp³-hybridized carbons (Fsp3) is 0.345. The number of hydrogen-bond acceptors (Lipinski definition) is 4. The number of fused-ring (bicyclic) bond motifs is 1. The Labute approximate surface area is 203 Å². The van der Waals surface area contributed by atoms with Gasteiger partial charge in [-0.1, -0.05) is 36.4 Å². The van der Waals surface area contributed by atoms with Crippen molar-refractivity contribution in [3.8, 4) is 5.75 Å². The number of amides is 1. The summed E-state index contributed by atoms with van der Waals surface area (Å²) in [7, 11) is 4.09. The third-order valence-corrected chi connectivity index (χ3v) is 6.34. The lowest BCUT2D eigenvalue weighted by Crippen LogP contribution is -2.40. The summed E-state index contributed by atoms with van der Waals surface area (Å²) in [5.41, 5.74) is 5.82. The highest BCUT2D eigenvalue weighted by Crippen LogP contribution is 2.29. The molecule has 0 fully saturated rings. The highest BCUT2D eigenvalue weighted by Gasteiger charge is 2.25. The molecule has 34 heavy (non-hydrogen) atoms. The fourth-order valence-corrected chi connectivity index (χ4v) is 4.48. The molecule has 0 radical (unpaired) electrons. The van der Waals surface area contributed by atoms with Crippen LogP contribution in [0.1, 0.15) is 46.9 Å². The van der Waals surface area contributed by atoms with E-state index in [1.54, 1.807) is 0 Å². The molecule has 3 aromatic rings. The first-order valence-corrected chi connectivity index (χ1v) is 12.0. The molecule has 3 aromatic carbocycles. The normalized spacial score (nSPS) is 14.4. The smallest absolute Gasteiger partial charge is 0.251 e. The molecule has 1 amide bonds. The number of hydrogen-bond donors (Lipinski definition) is 1. The lowest BCUT2D eigenvalue weighted by Gasteiger charge is -2.36. The molecule has 1 heterocycles. The quantitative estimate of drug-likeness (QED) is 0.513. The van der Waals surface area contributed by atoms with E-state index in [1.807, 2.05) is 52.2 Å². The van der Waals surface area contributed by atoms with E-state index in [0.717, 1.165) is 25.3 Å². The number of ether oxygens (including phenoxy) is 1. The molecule has 0 saturated carbocycles. The first-order chi connectivity index (χ1) is 16.4. The second kappa shape index (κ2) is 10.7. The molecule has 0 unspecified atom stereocenters. The fourth-order valence-electron chi connectivity index (χ4n) is 4.48. The average Bonchev–Trinajstić information content (AvgIpc) is 2.84. The van der Waals surface area contributed by atoms with Gasteiger partial charge >= 0.3 is 0 Å². The first-order valence-electron chi connectivity index (χ1n) is 12.0. The van der Waals surface area contributed by atoms with Crippen molar-refractivity contribution in [1.29, 1.82) is 0 Å². The molecule has 1 atom stereocenters. The van der Waals surface area contributed by atoms with Gasteiger partial charge in [0.25, 0.3) is 5.91 Å². The zero-order valence-electron chi connectivity index (χ0n) is 20.6. The van der Waals surface area contributed by atoms with E-state index >= 15 is 0 Å². The minimum Gasteiger partial charge on any atom is -0.491 e. The van der Waals surface area contributed by atoms with Gasteiger partial charge in [-0.2, -0.15) is 0 Å². The molecule has 0 aromatic heterocycles. The van der Waals surface area contributed by atoms with Crippen LogP contribution in [-0.2, 0) is 13.0 Å². The maximum Gasteiger partial charge on any atom is 0.251 e. The largest absolute Gasteiger partial charge is 0.491 e. The molecule has 0 spiro atoms. The van der Waals surface area contributed by atoms with Crippen molar-refractivity contribution in [2.24, 2.45) is 0 Å². The van der Waals surface area contributed by atoms with Gasteiger partial charge in [0.2, 0.25) is 0 Å². The average molecular weight is 458 g/mol. The van der Waals surface area contributed by atoms with Gasteiger partial charge in [-0.3, -0.25) is 9.69 Å². The third-order valence-electron chi connectivity index (χ3n) is 6.34. The van der Waals surface area contributed by atoms with Crippen LogP contribution in [0.2, 0.25) is 0 Å². The predicted octanol–water partition coefficient (Wildman–Crippen LogP) is 5.07. The molecule has 1 aliphatic heterocycles. The van der Waals surface area contributed by atoms with E-state index < -0.39 is 0 Å². The van der Waals surface area contributed by atoms with Crippen molar-refractivity contribution < 1.29 is 9.53 Å². The van der Waals surface area contributed by atoms with Crippen LogP contribution in [0.3, 0.4) is 0 Å². The Kier molecular flexibility index (Phi) is 7.53. The Morgan fingerprint density at radius 3 is 2.29 bits per heavy atom. The van der Waals surface area contributed by atoms with Gasteiger partial charge in [0.15, 0.2) is 0 Å². The molecule has 0 aliphatic carbocycles. The van der Waals surface area contributed by atoms with Crippen LogP contribution in [0.5, 0.6) is 5.75 Å². The molecule has 1 N–H and O–H groups in total. The Morgan fingerprint density at radius 1 is 0.971 bits per heavy atom. The molecule has 1 aliphatic rings. The van der Waals surface area contributed by atoms with Crippen LogP contribution < -0.4 is 15.0 Å². The van der Waals surface area contributed by atoms with Crippen molar-refractivity contribution >= 4 is 11.6 Å². The third kappa shape index (κ3) is 5.78. The summed E-state index contributed by atoms with van der Waals surface area (Å²) in [6, 6.07) is 24.8. The maximum atomic E-state index is 13.0. The van der Waals surface area contributed by atoms with E-state index in [9.17, 15) is 4.79 Å². The van der Waals surface area contributed by atoms with Crippen molar-refractivity contribution in [3.05, 3.63) is 95.1 Å². The SMILES string of the molecule is CC(C)Oc1ccc(C(=O)NC[C@H](c2ccc(N(C)C)cc2)N2CCc3ccccc3C2)cc1. The van der Waals surface area contributed by atoms with Gasteiger partial charge in [-0.15, -0.1) is 0 Å². The maximum absolute atomic E-state index is 13.0. The summed E-state index contributed by atoms with van der Waals surface area (Å²) in [6.07, 6.45) is 1.13. The van der Waals surface area contributed by atoms with Crippen molar-refractivity contribution in [2.45, 2.75) is 39.0 Å². The molecule has 4 rings (SSSR count). The van der Waals surface area contributed by atoms with Gasteiger partial charge < -0.3 is 15.0 Å². The van der Waals surface area contributed by atoms with Gasteiger partial charge in [-0.25, -0.2) is 0 Å². The molecule has 0 saturated heterocycles. The minimum atomic E-state index is -0.0663. The lowest BCUT2D eigenvalue weighted by atomic mass is 9.96. The van der Waals surface area contributed by atoms with Crippen molar-refractivity contribution in [1.82, 2.24) is 10.2 Å². The van der Waals surface area contributed by atoms with Gasteiger partial charge in [0.1, 0.15) is 5.75 Å². The predicted molar refractivity (Wildman–Crippen MR) is 139 cm³/mol. The number of nitrogens with one attached hydrogen (secondary N) is 1. The standard InChI is InChI=1S/C29H35N3O2/c1-21(2)34-27-15-11-24(12-16-27)29(33)30-19-28(23-9-13-26(14-10-23)31(3)4)32-18-17-22-7-5-6-8-25(22)20-32/h5-16,21,28H,17-20H2,1-4H3,(H,30,33)/t28-/m1/s1. The summed E-state index contributed by atoms with van der Waals surface area (Å²) in [4.78, 5) is 17.5. The summed E-state index contributed by atoms with van der Waals surface area (Å²) in [5.74, 6) is 0.709. The number of nitrogens with zero attached hydrogens (tertiary/aromatic N) is 2. The van der Waals surface area contributed by atoms with Gasteiger partial charge in [-0.05, 0) is 73.4 Å². The highest BCUT2D eigenvalue weighted by molar-refractivity contribution is 5.94. The summed E-state index contributed by atoms with van der Waals surface area (Å²) < 4.78 is 5.70. The molecular weight excluding hydrogens is 422 g/mol. The van der Waals surface area contributed by atoms with Gasteiger partial charge in [0.05, 0.1) is 12.1 Å². The van der Waals surface area contributed by atoms with Crippen LogP contribution in [0, 0.1) is 0 Å². The summed E-state index contributed by atoms with van der Waals surface area (Å²) in [5, 5.41) is 3.18. The summed E-state index contributed by atoms with van der Waals surface area (Å²) >= 11 is 0. The Balaban J connectivity index is 1.50. The molecule has 178 valence electrons. The molecular formula is C29H35N3O2. The highest BCUT2D eigenvalue weighted by atomic mass is 16.5. The van der Waals surface area contributed by atoms with E-state index in [1.165, 1.54) is 22.4 Å². The Morgan fingerprint density at radius 2 is 1.65 bits per heavy atom. The van der Waals surface area contributed by atoms with Crippen LogP contribution in [-0.4, -0.2) is 44.1 Å². The van der Waals surface area contributed by atoms with E-state index in [-0.39, 0.29) is 18.1 Å². The van der Waals surface area contributed by atoms with Crippen molar-refractivity contribution in [2.75, 3.05) is 32.1 Å². The Bertz CT molecular complexity index is 1090. The molecule has 5 nitrogen and oxygen atoms in total. The monoisotopic (exact) mass is 457 g/mol.